The minimum Gasteiger partial charge on any atom is -0.461 e. The van der Waals surface area contributed by atoms with Gasteiger partial charge in [0.2, 0.25) is 0 Å². The van der Waals surface area contributed by atoms with Gasteiger partial charge in [0.25, 0.3) is 0 Å². The lowest BCUT2D eigenvalue weighted by molar-refractivity contribution is -0.149. The molecule has 0 radical (unpaired) electrons. The zero-order valence-corrected chi connectivity index (χ0v) is 20.2. The number of thioether (sulfide) groups is 2. The second-order valence-corrected chi connectivity index (χ2v) is 10.2. The monoisotopic (exact) mass is 586 g/mol. The van der Waals surface area contributed by atoms with E-state index < -0.39 is 5.97 Å². The van der Waals surface area contributed by atoms with Crippen LogP contribution in [0.4, 0.5) is 0 Å². The van der Waals surface area contributed by atoms with Crippen LogP contribution in [0.25, 0.3) is 0 Å². The topological polar surface area (TPSA) is 52.6 Å². The zero-order valence-electron chi connectivity index (χ0n) is 13.8. The van der Waals surface area contributed by atoms with Crippen LogP contribution in [0.3, 0.4) is 0 Å². The molecule has 0 atom stereocenters. The van der Waals surface area contributed by atoms with E-state index in [4.69, 9.17) is 9.47 Å². The molecule has 1 aromatic rings. The molecule has 142 valence electrons. The summed E-state index contributed by atoms with van der Waals surface area (Å²) in [5.74, 6) is 2.82. The van der Waals surface area contributed by atoms with E-state index in [0.717, 1.165) is 27.5 Å². The normalized spacial score (nSPS) is 15.9. The maximum atomic E-state index is 12.0. The summed E-state index contributed by atoms with van der Waals surface area (Å²) in [7, 11) is 0. The third kappa shape index (κ3) is 7.58. The minimum absolute atomic E-state index is 0.00312. The third-order valence-corrected chi connectivity index (χ3v) is 7.31. The Morgan fingerprint density at radius 2 is 1.58 bits per heavy atom. The molecule has 26 heavy (non-hydrogen) atoms. The SMILES string of the molecule is C=C1CSCC(OC(=O)CCC(=O)Oc2c(Br)cc(Br)cc2Br)CSC1. The maximum absolute atomic E-state index is 12.0. The Bertz CT molecular complexity index is 662. The van der Waals surface area contributed by atoms with Crippen LogP contribution in [0, 0.1) is 0 Å². The van der Waals surface area contributed by atoms with Crippen molar-refractivity contribution in [3.63, 3.8) is 0 Å². The van der Waals surface area contributed by atoms with Crippen molar-refractivity contribution < 1.29 is 19.1 Å². The third-order valence-electron chi connectivity index (χ3n) is 3.23. The molecule has 0 unspecified atom stereocenters. The molecular formula is C17H17Br3O4S2. The summed E-state index contributed by atoms with van der Waals surface area (Å²) in [5.41, 5.74) is 1.21. The van der Waals surface area contributed by atoms with Crippen molar-refractivity contribution in [1.29, 1.82) is 0 Å². The van der Waals surface area contributed by atoms with E-state index in [1.807, 2.05) is 0 Å². The van der Waals surface area contributed by atoms with Crippen molar-refractivity contribution in [2.75, 3.05) is 23.0 Å². The van der Waals surface area contributed by atoms with Gasteiger partial charge < -0.3 is 9.47 Å². The van der Waals surface area contributed by atoms with Gasteiger partial charge in [-0.1, -0.05) is 28.1 Å². The Labute approximate surface area is 186 Å². The summed E-state index contributed by atoms with van der Waals surface area (Å²) in [6.45, 7) is 3.99. The first kappa shape index (κ1) is 22.3. The molecule has 0 saturated carbocycles. The Morgan fingerprint density at radius 1 is 1.04 bits per heavy atom. The van der Waals surface area contributed by atoms with Crippen LogP contribution in [0.2, 0.25) is 0 Å². The fourth-order valence-corrected chi connectivity index (χ4v) is 6.68. The predicted octanol–water partition coefficient (Wildman–Crippen LogP) is 5.61. The molecule has 0 aromatic heterocycles. The van der Waals surface area contributed by atoms with Gasteiger partial charge in [0.15, 0.2) is 5.75 Å². The molecule has 9 heteroatoms. The van der Waals surface area contributed by atoms with Gasteiger partial charge in [-0.2, -0.15) is 23.5 Å². The molecule has 1 saturated heterocycles. The van der Waals surface area contributed by atoms with Gasteiger partial charge in [-0.3, -0.25) is 9.59 Å². The van der Waals surface area contributed by atoms with Crippen molar-refractivity contribution in [1.82, 2.24) is 0 Å². The quantitative estimate of drug-likeness (QED) is 0.253. The van der Waals surface area contributed by atoms with Gasteiger partial charge in [0, 0.05) is 27.5 Å². The van der Waals surface area contributed by atoms with Crippen molar-refractivity contribution >= 4 is 83.3 Å². The predicted molar refractivity (Wildman–Crippen MR) is 118 cm³/mol. The summed E-state index contributed by atoms with van der Waals surface area (Å²) in [5, 5.41) is 0. The lowest BCUT2D eigenvalue weighted by Crippen LogP contribution is -2.25. The smallest absolute Gasteiger partial charge is 0.311 e. The van der Waals surface area contributed by atoms with Crippen molar-refractivity contribution in [2.45, 2.75) is 18.9 Å². The van der Waals surface area contributed by atoms with Crippen LogP contribution in [0.5, 0.6) is 5.75 Å². The van der Waals surface area contributed by atoms with E-state index >= 15 is 0 Å². The second-order valence-electron chi connectivity index (χ2n) is 5.56. The van der Waals surface area contributed by atoms with Gasteiger partial charge in [0.1, 0.15) is 6.10 Å². The molecule has 1 aliphatic rings. The summed E-state index contributed by atoms with van der Waals surface area (Å²) in [6, 6.07) is 3.56. The Balaban J connectivity index is 1.78. The molecule has 2 rings (SSSR count). The lowest BCUT2D eigenvalue weighted by atomic mass is 10.3. The Kier molecular flexibility index (Phi) is 9.57. The highest BCUT2D eigenvalue weighted by Gasteiger charge is 2.19. The van der Waals surface area contributed by atoms with Crippen LogP contribution in [0.15, 0.2) is 37.7 Å². The van der Waals surface area contributed by atoms with Crippen molar-refractivity contribution in [3.8, 4) is 5.75 Å². The summed E-state index contributed by atoms with van der Waals surface area (Å²) < 4.78 is 12.9. The first-order chi connectivity index (χ1) is 12.3. The van der Waals surface area contributed by atoms with Gasteiger partial charge in [-0.05, 0) is 44.0 Å². The standard InChI is InChI=1S/C17H17Br3O4S2/c1-10-6-25-8-12(9-26-7-10)23-15(21)2-3-16(22)24-17-13(19)4-11(18)5-14(17)20/h4-5,12H,1-3,6-9H2. The average molecular weight is 589 g/mol. The number of carbonyl (C=O) groups is 2. The van der Waals surface area contributed by atoms with Crippen LogP contribution >= 0.6 is 71.3 Å². The van der Waals surface area contributed by atoms with Gasteiger partial charge in [0.05, 0.1) is 21.8 Å². The molecule has 0 aliphatic carbocycles. The highest BCUT2D eigenvalue weighted by atomic mass is 79.9. The number of benzene rings is 1. The van der Waals surface area contributed by atoms with E-state index in [-0.39, 0.29) is 24.9 Å². The van der Waals surface area contributed by atoms with Crippen LogP contribution in [0.1, 0.15) is 12.8 Å². The molecule has 4 nitrogen and oxygen atoms in total. The largest absolute Gasteiger partial charge is 0.461 e. The number of rotatable bonds is 5. The van der Waals surface area contributed by atoms with Crippen LogP contribution in [-0.4, -0.2) is 41.1 Å². The molecule has 0 spiro atoms. The molecule has 1 fully saturated rings. The van der Waals surface area contributed by atoms with Gasteiger partial charge in [-0.25, -0.2) is 0 Å². The first-order valence-corrected chi connectivity index (χ1v) is 12.4. The Morgan fingerprint density at radius 3 is 2.15 bits per heavy atom. The fraction of sp³-hybridized carbons (Fsp3) is 0.412. The number of hydrogen-bond acceptors (Lipinski definition) is 6. The number of hydrogen-bond donors (Lipinski definition) is 0. The van der Waals surface area contributed by atoms with Crippen LogP contribution < -0.4 is 4.74 Å². The number of esters is 2. The number of carbonyl (C=O) groups excluding carboxylic acids is 2. The summed E-state index contributed by atoms with van der Waals surface area (Å²) >= 11 is 13.5. The zero-order chi connectivity index (χ0) is 19.1. The first-order valence-electron chi connectivity index (χ1n) is 7.72. The highest BCUT2D eigenvalue weighted by molar-refractivity contribution is 9.11. The van der Waals surface area contributed by atoms with E-state index in [2.05, 4.69) is 54.4 Å². The van der Waals surface area contributed by atoms with Crippen molar-refractivity contribution in [3.05, 3.63) is 37.7 Å². The van der Waals surface area contributed by atoms with E-state index in [0.29, 0.717) is 14.7 Å². The van der Waals surface area contributed by atoms with Gasteiger partial charge >= 0.3 is 11.9 Å². The van der Waals surface area contributed by atoms with E-state index in [1.54, 1.807) is 35.7 Å². The summed E-state index contributed by atoms with van der Waals surface area (Å²) in [6.07, 6.45) is -0.155. The maximum Gasteiger partial charge on any atom is 0.311 e. The fourth-order valence-electron chi connectivity index (χ4n) is 2.07. The van der Waals surface area contributed by atoms with Crippen molar-refractivity contribution in [2.24, 2.45) is 0 Å². The summed E-state index contributed by atoms with van der Waals surface area (Å²) in [4.78, 5) is 24.1. The molecule has 0 N–H and O–H groups in total. The average Bonchev–Trinajstić information content (AvgIpc) is 2.54. The highest BCUT2D eigenvalue weighted by Crippen LogP contribution is 2.36. The van der Waals surface area contributed by atoms with Gasteiger partial charge in [-0.15, -0.1) is 0 Å². The number of ether oxygens (including phenoxy) is 2. The second kappa shape index (κ2) is 11.1. The molecule has 1 heterocycles. The van der Waals surface area contributed by atoms with E-state index in [9.17, 15) is 9.59 Å². The Hall–Kier alpha value is 0.0400. The molecular weight excluding hydrogens is 572 g/mol. The minimum atomic E-state index is -0.483. The van der Waals surface area contributed by atoms with Crippen LogP contribution in [-0.2, 0) is 14.3 Å². The lowest BCUT2D eigenvalue weighted by Gasteiger charge is -2.20. The van der Waals surface area contributed by atoms with E-state index in [1.165, 1.54) is 5.57 Å². The molecule has 1 aliphatic heterocycles. The molecule has 0 amide bonds. The molecule has 1 aromatic carbocycles. The number of halogens is 3. The molecule has 0 bridgehead atoms.